The van der Waals surface area contributed by atoms with Gasteiger partial charge < -0.3 is 14.2 Å². The molecule has 0 saturated heterocycles. The predicted molar refractivity (Wildman–Crippen MR) is 238 cm³/mol. The Kier molecular flexibility index (Phi) is 42.1. The van der Waals surface area contributed by atoms with E-state index in [4.69, 9.17) is 14.2 Å². The third kappa shape index (κ3) is 42.0. The summed E-state index contributed by atoms with van der Waals surface area (Å²) in [6.07, 6.45) is 54.7. The predicted octanol–water partition coefficient (Wildman–Crippen LogP) is 14.7. The standard InChI is InChI=1S/C50H84O6/c1-4-7-10-13-16-19-21-22-23-24-25-26-27-28-30-31-34-37-40-43-49(52)55-46-47(45-54-48(51)42-39-36-33-18-15-12-9-6-3)56-50(53)44-41-38-35-32-29-20-17-14-11-8-5-2/h7,10,16,19,22-23,25-26,28,30,34,37,47H,4-6,8-9,11-15,17-18,20-21,24,27,29,31-33,35-36,38-46H2,1-3H3/b10-7-,19-16-,23-22-,26-25-,30-28-,37-34-. The van der Waals surface area contributed by atoms with Gasteiger partial charge in [-0.25, -0.2) is 0 Å². The van der Waals surface area contributed by atoms with Gasteiger partial charge in [0.2, 0.25) is 0 Å². The van der Waals surface area contributed by atoms with Gasteiger partial charge in [0.15, 0.2) is 6.10 Å². The largest absolute Gasteiger partial charge is 0.462 e. The molecule has 1 atom stereocenters. The van der Waals surface area contributed by atoms with Crippen LogP contribution in [0.15, 0.2) is 72.9 Å². The summed E-state index contributed by atoms with van der Waals surface area (Å²) in [6.45, 7) is 6.40. The fourth-order valence-corrected chi connectivity index (χ4v) is 6.05. The molecule has 0 aliphatic rings. The van der Waals surface area contributed by atoms with Crippen molar-refractivity contribution < 1.29 is 28.6 Å². The number of unbranched alkanes of at least 4 members (excludes halogenated alkanes) is 17. The molecule has 56 heavy (non-hydrogen) atoms. The van der Waals surface area contributed by atoms with Crippen LogP contribution in [-0.4, -0.2) is 37.2 Å². The van der Waals surface area contributed by atoms with Crippen molar-refractivity contribution in [2.45, 2.75) is 213 Å². The second-order valence-electron chi connectivity index (χ2n) is 14.9. The zero-order chi connectivity index (χ0) is 40.8. The normalized spacial score (nSPS) is 12.7. The summed E-state index contributed by atoms with van der Waals surface area (Å²) >= 11 is 0. The number of esters is 3. The van der Waals surface area contributed by atoms with E-state index >= 15 is 0 Å². The lowest BCUT2D eigenvalue weighted by molar-refractivity contribution is -0.166. The van der Waals surface area contributed by atoms with Crippen LogP contribution in [0.3, 0.4) is 0 Å². The topological polar surface area (TPSA) is 78.9 Å². The average Bonchev–Trinajstić information content (AvgIpc) is 3.19. The van der Waals surface area contributed by atoms with Crippen molar-refractivity contribution in [3.05, 3.63) is 72.9 Å². The third-order valence-corrected chi connectivity index (χ3v) is 9.49. The summed E-state index contributed by atoms with van der Waals surface area (Å²) < 4.78 is 16.6. The third-order valence-electron chi connectivity index (χ3n) is 9.49. The molecule has 0 aliphatic carbocycles. The monoisotopic (exact) mass is 781 g/mol. The van der Waals surface area contributed by atoms with E-state index in [1.165, 1.54) is 83.5 Å². The molecule has 0 aliphatic heterocycles. The summed E-state index contributed by atoms with van der Waals surface area (Å²) in [4.78, 5) is 37.6. The Labute approximate surface area is 344 Å². The Morgan fingerprint density at radius 3 is 1.09 bits per heavy atom. The first-order valence-corrected chi connectivity index (χ1v) is 22.9. The van der Waals surface area contributed by atoms with E-state index in [-0.39, 0.29) is 37.5 Å². The van der Waals surface area contributed by atoms with Gasteiger partial charge >= 0.3 is 17.9 Å². The molecule has 1 unspecified atom stereocenters. The molecule has 0 radical (unpaired) electrons. The van der Waals surface area contributed by atoms with Crippen molar-refractivity contribution >= 4 is 17.9 Å². The Morgan fingerprint density at radius 1 is 0.375 bits per heavy atom. The van der Waals surface area contributed by atoms with E-state index in [1.54, 1.807) is 0 Å². The van der Waals surface area contributed by atoms with E-state index in [2.05, 4.69) is 81.5 Å². The van der Waals surface area contributed by atoms with Crippen LogP contribution in [0.2, 0.25) is 0 Å². The zero-order valence-electron chi connectivity index (χ0n) is 36.4. The molecule has 6 nitrogen and oxygen atoms in total. The summed E-state index contributed by atoms with van der Waals surface area (Å²) in [5.41, 5.74) is 0. The van der Waals surface area contributed by atoms with Crippen molar-refractivity contribution in [1.82, 2.24) is 0 Å². The van der Waals surface area contributed by atoms with Gasteiger partial charge in [0, 0.05) is 19.3 Å². The van der Waals surface area contributed by atoms with Crippen LogP contribution in [0.25, 0.3) is 0 Å². The maximum Gasteiger partial charge on any atom is 0.306 e. The summed E-state index contributed by atoms with van der Waals surface area (Å²) in [7, 11) is 0. The number of carbonyl (C=O) groups is 3. The summed E-state index contributed by atoms with van der Waals surface area (Å²) in [5.74, 6) is -0.994. The van der Waals surface area contributed by atoms with E-state index in [0.29, 0.717) is 19.3 Å². The average molecular weight is 781 g/mol. The van der Waals surface area contributed by atoms with Crippen LogP contribution >= 0.6 is 0 Å². The number of ether oxygens (including phenoxy) is 3. The number of allylic oxidation sites excluding steroid dienone is 12. The first-order chi connectivity index (χ1) is 27.5. The maximum absolute atomic E-state index is 12.7. The Balaban J connectivity index is 4.43. The van der Waals surface area contributed by atoms with Crippen molar-refractivity contribution in [3.63, 3.8) is 0 Å². The van der Waals surface area contributed by atoms with Gasteiger partial charge in [0.1, 0.15) is 13.2 Å². The number of rotatable bonds is 40. The van der Waals surface area contributed by atoms with Crippen LogP contribution in [0.1, 0.15) is 207 Å². The Morgan fingerprint density at radius 2 is 0.696 bits per heavy atom. The first kappa shape index (κ1) is 52.9. The van der Waals surface area contributed by atoms with Gasteiger partial charge in [0.25, 0.3) is 0 Å². The molecule has 0 aromatic carbocycles. The van der Waals surface area contributed by atoms with Crippen LogP contribution in [0.5, 0.6) is 0 Å². The highest BCUT2D eigenvalue weighted by Gasteiger charge is 2.19. The number of carbonyl (C=O) groups excluding carboxylic acids is 3. The molecule has 0 bridgehead atoms. The second kappa shape index (κ2) is 44.6. The molecule has 320 valence electrons. The zero-order valence-corrected chi connectivity index (χ0v) is 36.4. The SMILES string of the molecule is CC/C=C\C/C=C\C/C=C\C/C=C\C/C=C\C/C=C\CCC(=O)OCC(COC(=O)CCCCCCCCCC)OC(=O)CCCCCCCCCCCCC. The lowest BCUT2D eigenvalue weighted by Crippen LogP contribution is -2.30. The molecule has 6 heteroatoms. The highest BCUT2D eigenvalue weighted by atomic mass is 16.6. The lowest BCUT2D eigenvalue weighted by atomic mass is 10.1. The molecular weight excluding hydrogens is 697 g/mol. The smallest absolute Gasteiger partial charge is 0.306 e. The van der Waals surface area contributed by atoms with Gasteiger partial charge in [-0.1, -0.05) is 203 Å². The molecule has 0 aromatic rings. The quantitative estimate of drug-likeness (QED) is 0.0267. The van der Waals surface area contributed by atoms with Crippen molar-refractivity contribution in [1.29, 1.82) is 0 Å². The van der Waals surface area contributed by atoms with Crippen molar-refractivity contribution in [2.75, 3.05) is 13.2 Å². The molecule has 0 amide bonds. The minimum Gasteiger partial charge on any atom is -0.462 e. The van der Waals surface area contributed by atoms with Gasteiger partial charge in [-0.2, -0.15) is 0 Å². The molecule has 0 fully saturated rings. The van der Waals surface area contributed by atoms with Gasteiger partial charge in [-0.05, 0) is 57.8 Å². The van der Waals surface area contributed by atoms with E-state index in [9.17, 15) is 14.4 Å². The van der Waals surface area contributed by atoms with Crippen LogP contribution in [0.4, 0.5) is 0 Å². The fraction of sp³-hybridized carbons (Fsp3) is 0.700. The summed E-state index contributed by atoms with van der Waals surface area (Å²) in [5, 5.41) is 0. The maximum atomic E-state index is 12.7. The lowest BCUT2D eigenvalue weighted by Gasteiger charge is -2.18. The second-order valence-corrected chi connectivity index (χ2v) is 14.9. The van der Waals surface area contributed by atoms with Gasteiger partial charge in [-0.3, -0.25) is 14.4 Å². The van der Waals surface area contributed by atoms with E-state index in [1.807, 2.05) is 12.2 Å². The van der Waals surface area contributed by atoms with Crippen molar-refractivity contribution in [3.8, 4) is 0 Å². The Hall–Kier alpha value is -3.15. The van der Waals surface area contributed by atoms with Crippen LogP contribution in [-0.2, 0) is 28.6 Å². The summed E-state index contributed by atoms with van der Waals surface area (Å²) in [6, 6.07) is 0. The van der Waals surface area contributed by atoms with Gasteiger partial charge in [0.05, 0.1) is 0 Å². The molecule has 0 aromatic heterocycles. The molecule has 0 heterocycles. The Bertz CT molecular complexity index is 1080. The highest BCUT2D eigenvalue weighted by molar-refractivity contribution is 5.71. The fourth-order valence-electron chi connectivity index (χ4n) is 6.05. The van der Waals surface area contributed by atoms with Gasteiger partial charge in [-0.15, -0.1) is 0 Å². The molecule has 0 rings (SSSR count). The number of hydrogen-bond acceptors (Lipinski definition) is 6. The van der Waals surface area contributed by atoms with E-state index in [0.717, 1.165) is 77.0 Å². The van der Waals surface area contributed by atoms with E-state index < -0.39 is 6.10 Å². The molecule has 0 spiro atoms. The highest BCUT2D eigenvalue weighted by Crippen LogP contribution is 2.14. The first-order valence-electron chi connectivity index (χ1n) is 22.9. The number of hydrogen-bond donors (Lipinski definition) is 0. The minimum absolute atomic E-state index is 0.0969. The van der Waals surface area contributed by atoms with Crippen molar-refractivity contribution in [2.24, 2.45) is 0 Å². The molecule has 0 N–H and O–H groups in total. The van der Waals surface area contributed by atoms with Crippen LogP contribution < -0.4 is 0 Å². The molecule has 0 saturated carbocycles. The molecular formula is C50H84O6. The minimum atomic E-state index is -0.799. The van der Waals surface area contributed by atoms with Crippen LogP contribution in [0, 0.1) is 0 Å².